The van der Waals surface area contributed by atoms with Gasteiger partial charge in [-0.25, -0.2) is 0 Å². The molecule has 0 radical (unpaired) electrons. The number of anilines is 2. The van der Waals surface area contributed by atoms with Crippen LogP contribution in [-0.2, 0) is 4.79 Å². The molecule has 0 aliphatic heterocycles. The van der Waals surface area contributed by atoms with Crippen molar-refractivity contribution >= 4 is 17.3 Å². The summed E-state index contributed by atoms with van der Waals surface area (Å²) in [6.07, 6.45) is -0.360. The van der Waals surface area contributed by atoms with Crippen LogP contribution in [0.4, 0.5) is 11.4 Å². The van der Waals surface area contributed by atoms with Crippen LogP contribution < -0.4 is 10.2 Å². The van der Waals surface area contributed by atoms with Gasteiger partial charge < -0.3 is 15.3 Å². The van der Waals surface area contributed by atoms with Crippen LogP contribution in [0.2, 0.25) is 0 Å². The van der Waals surface area contributed by atoms with Crippen molar-refractivity contribution in [2.75, 3.05) is 16.8 Å². The van der Waals surface area contributed by atoms with E-state index in [4.69, 9.17) is 5.26 Å². The second kappa shape index (κ2) is 6.62. The Morgan fingerprint density at radius 3 is 2.89 bits per heavy atom. The van der Waals surface area contributed by atoms with Gasteiger partial charge in [0.25, 0.3) is 0 Å². The first kappa shape index (κ1) is 14.0. The molecule has 0 fully saturated rings. The number of amides is 1. The number of nitriles is 1. The second-order valence-corrected chi connectivity index (χ2v) is 3.96. The van der Waals surface area contributed by atoms with E-state index < -0.39 is 6.23 Å². The third-order valence-electron chi connectivity index (χ3n) is 2.41. The molecule has 1 atom stereocenters. The summed E-state index contributed by atoms with van der Waals surface area (Å²) in [7, 11) is 0. The zero-order valence-electron chi connectivity index (χ0n) is 10.6. The molecule has 1 unspecified atom stereocenters. The molecule has 5 heteroatoms. The maximum atomic E-state index is 11.0. The van der Waals surface area contributed by atoms with Crippen LogP contribution in [0.15, 0.2) is 24.3 Å². The van der Waals surface area contributed by atoms with Gasteiger partial charge in [0.1, 0.15) is 6.23 Å². The number of carbonyl (C=O) groups is 1. The molecule has 96 valence electrons. The highest BCUT2D eigenvalue weighted by atomic mass is 16.3. The molecule has 0 aliphatic rings. The normalized spacial score (nSPS) is 11.4. The largest absolute Gasteiger partial charge is 0.374 e. The Hall–Kier alpha value is -2.06. The number of rotatable bonds is 5. The summed E-state index contributed by atoms with van der Waals surface area (Å²) in [4.78, 5) is 12.7. The Morgan fingerprint density at radius 2 is 2.33 bits per heavy atom. The van der Waals surface area contributed by atoms with E-state index in [1.807, 2.05) is 12.1 Å². The molecule has 18 heavy (non-hydrogen) atoms. The van der Waals surface area contributed by atoms with Gasteiger partial charge in [-0.1, -0.05) is 6.07 Å². The molecule has 0 aliphatic carbocycles. The highest BCUT2D eigenvalue weighted by molar-refractivity contribution is 5.89. The quantitative estimate of drug-likeness (QED) is 0.776. The molecule has 1 aromatic rings. The van der Waals surface area contributed by atoms with E-state index in [9.17, 15) is 9.90 Å². The standard InChI is InChI=1S/C13H17N3O2/c1-10(17)15-12-5-3-6-13(9-12)16(11(2)18)8-4-7-14/h3,5-6,9,11,18H,4,8H2,1-2H3,(H,15,17). The first-order chi connectivity index (χ1) is 8.54. The van der Waals surface area contributed by atoms with Crippen molar-refractivity contribution in [3.8, 4) is 6.07 Å². The first-order valence-electron chi connectivity index (χ1n) is 5.74. The Kier molecular flexibility index (Phi) is 5.15. The van der Waals surface area contributed by atoms with Crippen LogP contribution in [0.3, 0.4) is 0 Å². The fourth-order valence-corrected chi connectivity index (χ4v) is 1.67. The highest BCUT2D eigenvalue weighted by Gasteiger charge is 2.12. The lowest BCUT2D eigenvalue weighted by atomic mass is 10.2. The van der Waals surface area contributed by atoms with E-state index in [-0.39, 0.29) is 5.91 Å². The minimum absolute atomic E-state index is 0.146. The number of aliphatic hydroxyl groups is 1. The van der Waals surface area contributed by atoms with Crippen LogP contribution >= 0.6 is 0 Å². The third-order valence-corrected chi connectivity index (χ3v) is 2.41. The number of nitrogens with zero attached hydrogens (tertiary/aromatic N) is 2. The van der Waals surface area contributed by atoms with Gasteiger partial charge >= 0.3 is 0 Å². The van der Waals surface area contributed by atoms with Crippen LogP contribution in [0, 0.1) is 11.3 Å². The Bertz CT molecular complexity index is 452. The van der Waals surface area contributed by atoms with E-state index in [2.05, 4.69) is 5.32 Å². The number of benzene rings is 1. The van der Waals surface area contributed by atoms with Gasteiger partial charge in [-0.15, -0.1) is 0 Å². The fourth-order valence-electron chi connectivity index (χ4n) is 1.67. The molecule has 1 amide bonds. The van der Waals surface area contributed by atoms with Crippen molar-refractivity contribution in [1.29, 1.82) is 5.26 Å². The molecular formula is C13H17N3O2. The Labute approximate surface area is 107 Å². The van der Waals surface area contributed by atoms with Gasteiger partial charge in [0, 0.05) is 24.8 Å². The molecule has 2 N–H and O–H groups in total. The number of aliphatic hydroxyl groups excluding tert-OH is 1. The molecule has 0 saturated heterocycles. The number of hydrogen-bond donors (Lipinski definition) is 2. The first-order valence-corrected chi connectivity index (χ1v) is 5.74. The predicted molar refractivity (Wildman–Crippen MR) is 70.0 cm³/mol. The average Bonchev–Trinajstić information content (AvgIpc) is 2.28. The minimum Gasteiger partial charge on any atom is -0.374 e. The van der Waals surface area contributed by atoms with Crippen molar-refractivity contribution in [3.05, 3.63) is 24.3 Å². The Balaban J connectivity index is 2.91. The van der Waals surface area contributed by atoms with Crippen LogP contribution in [-0.4, -0.2) is 23.8 Å². The summed E-state index contributed by atoms with van der Waals surface area (Å²) in [6, 6.07) is 9.21. The summed E-state index contributed by atoms with van der Waals surface area (Å²) < 4.78 is 0. The summed E-state index contributed by atoms with van der Waals surface area (Å²) in [5.74, 6) is -0.146. The summed E-state index contributed by atoms with van der Waals surface area (Å²) in [5, 5.41) is 21.0. The Morgan fingerprint density at radius 1 is 1.61 bits per heavy atom. The second-order valence-electron chi connectivity index (χ2n) is 3.96. The lowest BCUT2D eigenvalue weighted by molar-refractivity contribution is -0.114. The van der Waals surface area contributed by atoms with E-state index in [0.717, 1.165) is 5.69 Å². The van der Waals surface area contributed by atoms with E-state index >= 15 is 0 Å². The van der Waals surface area contributed by atoms with E-state index in [1.54, 1.807) is 30.0 Å². The minimum atomic E-state index is -0.689. The summed E-state index contributed by atoms with van der Waals surface area (Å²) >= 11 is 0. The van der Waals surface area contributed by atoms with Crippen molar-refractivity contribution in [2.24, 2.45) is 0 Å². The summed E-state index contributed by atoms with van der Waals surface area (Å²) in [5.41, 5.74) is 1.44. The van der Waals surface area contributed by atoms with Gasteiger partial charge in [-0.05, 0) is 25.1 Å². The molecule has 5 nitrogen and oxygen atoms in total. The average molecular weight is 247 g/mol. The molecule has 0 saturated carbocycles. The highest BCUT2D eigenvalue weighted by Crippen LogP contribution is 2.21. The smallest absolute Gasteiger partial charge is 0.221 e. The van der Waals surface area contributed by atoms with Crippen LogP contribution in [0.5, 0.6) is 0 Å². The predicted octanol–water partition coefficient (Wildman–Crippen LogP) is 1.70. The van der Waals surface area contributed by atoms with Gasteiger partial charge in [0.15, 0.2) is 0 Å². The fraction of sp³-hybridized carbons (Fsp3) is 0.385. The van der Waals surface area contributed by atoms with Crippen molar-refractivity contribution in [2.45, 2.75) is 26.5 Å². The van der Waals surface area contributed by atoms with Crippen LogP contribution in [0.25, 0.3) is 0 Å². The summed E-state index contributed by atoms with van der Waals surface area (Å²) in [6.45, 7) is 3.52. The van der Waals surface area contributed by atoms with Crippen molar-refractivity contribution < 1.29 is 9.90 Å². The SMILES string of the molecule is CC(=O)Nc1cccc(N(CCC#N)C(C)O)c1. The molecular weight excluding hydrogens is 230 g/mol. The van der Waals surface area contributed by atoms with Gasteiger partial charge in [-0.3, -0.25) is 4.79 Å². The third kappa shape index (κ3) is 4.07. The number of hydrogen-bond acceptors (Lipinski definition) is 4. The zero-order valence-corrected chi connectivity index (χ0v) is 10.6. The molecule has 0 heterocycles. The molecule has 0 aromatic heterocycles. The van der Waals surface area contributed by atoms with Crippen molar-refractivity contribution in [1.82, 2.24) is 0 Å². The van der Waals surface area contributed by atoms with E-state index in [0.29, 0.717) is 18.7 Å². The van der Waals surface area contributed by atoms with Gasteiger partial charge in [-0.2, -0.15) is 5.26 Å². The molecule has 0 bridgehead atoms. The lowest BCUT2D eigenvalue weighted by Gasteiger charge is -2.27. The topological polar surface area (TPSA) is 76.4 Å². The van der Waals surface area contributed by atoms with Gasteiger partial charge in [0.05, 0.1) is 12.5 Å². The molecule has 1 aromatic carbocycles. The van der Waals surface area contributed by atoms with Crippen molar-refractivity contribution in [3.63, 3.8) is 0 Å². The maximum Gasteiger partial charge on any atom is 0.221 e. The molecule has 1 rings (SSSR count). The monoisotopic (exact) mass is 247 g/mol. The lowest BCUT2D eigenvalue weighted by Crippen LogP contribution is -2.33. The van der Waals surface area contributed by atoms with Crippen LogP contribution in [0.1, 0.15) is 20.3 Å². The maximum absolute atomic E-state index is 11.0. The van der Waals surface area contributed by atoms with E-state index in [1.165, 1.54) is 6.92 Å². The number of nitrogens with one attached hydrogen (secondary N) is 1. The molecule has 0 spiro atoms. The zero-order chi connectivity index (χ0) is 13.5. The number of carbonyl (C=O) groups excluding carboxylic acids is 1. The van der Waals surface area contributed by atoms with Gasteiger partial charge in [0.2, 0.25) is 5.91 Å².